The lowest BCUT2D eigenvalue weighted by molar-refractivity contribution is 0.0996. The summed E-state index contributed by atoms with van der Waals surface area (Å²) in [4.78, 5) is 15.0. The number of Topliss-reactive ketones (excluding diaryl/α,β-unsaturated/α-hetero) is 1. The molecule has 6 heteroatoms. The highest BCUT2D eigenvalue weighted by Crippen LogP contribution is 2.25. The third kappa shape index (κ3) is 2.02. The van der Waals surface area contributed by atoms with E-state index in [1.54, 1.807) is 36.3 Å². The van der Waals surface area contributed by atoms with Gasteiger partial charge in [0, 0.05) is 17.6 Å². The van der Waals surface area contributed by atoms with Crippen molar-refractivity contribution in [3.63, 3.8) is 0 Å². The molecule has 0 aliphatic carbocycles. The number of carbonyl (C=O) groups is 1. The molecule has 4 nitrogen and oxygen atoms in total. The van der Waals surface area contributed by atoms with Gasteiger partial charge in [0.15, 0.2) is 0 Å². The van der Waals surface area contributed by atoms with E-state index in [1.165, 1.54) is 11.9 Å². The van der Waals surface area contributed by atoms with Crippen molar-refractivity contribution < 1.29 is 4.79 Å². The van der Waals surface area contributed by atoms with Gasteiger partial charge in [-0.25, -0.2) is 0 Å². The number of nitrogens with zero attached hydrogens (tertiary/aromatic N) is 1. The standard InChI is InChI=1S/C10H10ClN3OS/c1-14-8(10(12)16-13-14)9(15)6-2-4-7(11)5-3-6/h2-5,13H,12H2,1H3. The Kier molecular flexibility index (Phi) is 3.09. The lowest BCUT2D eigenvalue weighted by atomic mass is 10.1. The highest BCUT2D eigenvalue weighted by molar-refractivity contribution is 8.01. The fraction of sp³-hybridized carbons (Fsp3) is 0.100. The number of nitrogens with one attached hydrogen (secondary N) is 1. The molecule has 0 unspecified atom stereocenters. The third-order valence-corrected chi connectivity index (χ3v) is 3.21. The molecule has 0 atom stereocenters. The van der Waals surface area contributed by atoms with Crippen molar-refractivity contribution in [1.29, 1.82) is 0 Å². The fourth-order valence-corrected chi connectivity index (χ4v) is 2.16. The topological polar surface area (TPSA) is 58.4 Å². The molecule has 0 saturated heterocycles. The SMILES string of the molecule is CN1NSC(N)=C1C(=O)c1ccc(Cl)cc1. The van der Waals surface area contributed by atoms with Crippen molar-refractivity contribution in [2.24, 2.45) is 5.73 Å². The van der Waals surface area contributed by atoms with Crippen LogP contribution in [0.2, 0.25) is 5.02 Å². The van der Waals surface area contributed by atoms with Crippen molar-refractivity contribution >= 4 is 29.3 Å². The second-order valence-electron chi connectivity index (χ2n) is 3.30. The molecule has 0 fully saturated rings. The zero-order valence-corrected chi connectivity index (χ0v) is 10.1. The number of hydrogen-bond donors (Lipinski definition) is 2. The Bertz CT molecular complexity index is 458. The van der Waals surface area contributed by atoms with Crippen LogP contribution in [0.15, 0.2) is 35.0 Å². The molecule has 3 N–H and O–H groups in total. The van der Waals surface area contributed by atoms with Gasteiger partial charge in [-0.15, -0.1) is 0 Å². The van der Waals surface area contributed by atoms with Crippen LogP contribution >= 0.6 is 23.5 Å². The number of allylic oxidation sites excluding steroid dienone is 1. The maximum Gasteiger partial charge on any atom is 0.213 e. The minimum Gasteiger partial charge on any atom is -0.391 e. The van der Waals surface area contributed by atoms with Gasteiger partial charge in [0.25, 0.3) is 0 Å². The Hall–Kier alpha value is -1.17. The van der Waals surface area contributed by atoms with Gasteiger partial charge in [0.2, 0.25) is 5.78 Å². The number of likely N-dealkylation sites (N-methyl/N-ethyl adjacent to an activating group) is 1. The lowest BCUT2D eigenvalue weighted by Gasteiger charge is -2.13. The molecule has 1 aliphatic heterocycles. The average molecular weight is 256 g/mol. The Morgan fingerprint density at radius 3 is 2.56 bits per heavy atom. The predicted octanol–water partition coefficient (Wildman–Crippen LogP) is 1.75. The van der Waals surface area contributed by atoms with E-state index in [2.05, 4.69) is 4.83 Å². The van der Waals surface area contributed by atoms with Crippen LogP contribution in [0.25, 0.3) is 0 Å². The maximum absolute atomic E-state index is 12.1. The molecule has 1 aromatic rings. The first-order valence-electron chi connectivity index (χ1n) is 4.56. The Morgan fingerprint density at radius 1 is 1.44 bits per heavy atom. The molecular weight excluding hydrogens is 246 g/mol. The summed E-state index contributed by atoms with van der Waals surface area (Å²) in [7, 11) is 1.75. The van der Waals surface area contributed by atoms with E-state index in [4.69, 9.17) is 17.3 Å². The number of nitrogens with two attached hydrogens (primary N) is 1. The smallest absolute Gasteiger partial charge is 0.213 e. The Morgan fingerprint density at radius 2 is 2.06 bits per heavy atom. The normalized spacial score (nSPS) is 15.8. The number of hydrogen-bond acceptors (Lipinski definition) is 5. The first kappa shape index (κ1) is 11.3. The highest BCUT2D eigenvalue weighted by atomic mass is 35.5. The fourth-order valence-electron chi connectivity index (χ4n) is 1.38. The molecule has 0 aromatic heterocycles. The van der Waals surface area contributed by atoms with Crippen LogP contribution in [0, 0.1) is 0 Å². The van der Waals surface area contributed by atoms with E-state index < -0.39 is 0 Å². The number of carbonyl (C=O) groups excluding carboxylic acids is 1. The number of halogens is 1. The Balaban J connectivity index is 2.32. The molecule has 84 valence electrons. The molecule has 1 aromatic carbocycles. The van der Waals surface area contributed by atoms with Crippen molar-refractivity contribution in [3.05, 3.63) is 45.6 Å². The van der Waals surface area contributed by atoms with Crippen LogP contribution in [0.3, 0.4) is 0 Å². The summed E-state index contributed by atoms with van der Waals surface area (Å²) in [6.07, 6.45) is 0. The minimum absolute atomic E-state index is 0.117. The molecule has 1 aliphatic rings. The van der Waals surface area contributed by atoms with Gasteiger partial charge in [-0.1, -0.05) is 11.6 Å². The largest absolute Gasteiger partial charge is 0.391 e. The van der Waals surface area contributed by atoms with Crippen molar-refractivity contribution in [1.82, 2.24) is 9.84 Å². The number of ketones is 1. The van der Waals surface area contributed by atoms with Crippen LogP contribution in [0.4, 0.5) is 0 Å². The second-order valence-corrected chi connectivity index (χ2v) is 4.56. The average Bonchev–Trinajstić information content (AvgIpc) is 2.59. The molecule has 0 spiro atoms. The van der Waals surface area contributed by atoms with E-state index in [0.29, 0.717) is 21.3 Å². The number of benzene rings is 1. The van der Waals surface area contributed by atoms with Crippen molar-refractivity contribution in [2.45, 2.75) is 0 Å². The van der Waals surface area contributed by atoms with Crippen molar-refractivity contribution in [3.8, 4) is 0 Å². The third-order valence-electron chi connectivity index (χ3n) is 2.18. The quantitative estimate of drug-likeness (QED) is 0.623. The monoisotopic (exact) mass is 255 g/mol. The van der Waals surface area contributed by atoms with Gasteiger partial charge in [-0.2, -0.15) is 4.83 Å². The minimum atomic E-state index is -0.117. The molecule has 1 heterocycles. The zero-order valence-electron chi connectivity index (χ0n) is 8.53. The molecule has 0 bridgehead atoms. The number of rotatable bonds is 2. The van der Waals surface area contributed by atoms with Crippen LogP contribution in [-0.2, 0) is 0 Å². The first-order valence-corrected chi connectivity index (χ1v) is 5.75. The van der Waals surface area contributed by atoms with Gasteiger partial charge >= 0.3 is 0 Å². The molecule has 16 heavy (non-hydrogen) atoms. The summed E-state index contributed by atoms with van der Waals surface area (Å²) in [5, 5.41) is 2.69. The van der Waals surface area contributed by atoms with Gasteiger partial charge < -0.3 is 5.73 Å². The molecular formula is C10H10ClN3OS. The zero-order chi connectivity index (χ0) is 11.7. The first-order chi connectivity index (χ1) is 7.59. The highest BCUT2D eigenvalue weighted by Gasteiger charge is 2.25. The van der Waals surface area contributed by atoms with Crippen LogP contribution in [0.5, 0.6) is 0 Å². The molecule has 0 amide bonds. The summed E-state index contributed by atoms with van der Waals surface area (Å²) in [5.74, 6) is -0.117. The Labute approximate surface area is 103 Å². The van der Waals surface area contributed by atoms with Gasteiger partial charge in [0.1, 0.15) is 10.7 Å². The van der Waals surface area contributed by atoms with E-state index in [1.807, 2.05) is 0 Å². The molecule has 0 saturated carbocycles. The summed E-state index contributed by atoms with van der Waals surface area (Å²) >= 11 is 6.98. The van der Waals surface area contributed by atoms with E-state index in [-0.39, 0.29) is 5.78 Å². The lowest BCUT2D eigenvalue weighted by Crippen LogP contribution is -2.27. The predicted molar refractivity (Wildman–Crippen MR) is 65.5 cm³/mol. The summed E-state index contributed by atoms with van der Waals surface area (Å²) < 4.78 is 0. The van der Waals surface area contributed by atoms with Crippen LogP contribution < -0.4 is 10.6 Å². The van der Waals surface area contributed by atoms with Crippen LogP contribution in [0.1, 0.15) is 10.4 Å². The maximum atomic E-state index is 12.1. The summed E-state index contributed by atoms with van der Waals surface area (Å²) in [6.45, 7) is 0. The van der Waals surface area contributed by atoms with Gasteiger partial charge in [-0.3, -0.25) is 9.80 Å². The summed E-state index contributed by atoms with van der Waals surface area (Å²) in [5.41, 5.74) is 6.76. The molecule has 0 radical (unpaired) electrons. The van der Waals surface area contributed by atoms with Gasteiger partial charge in [0.05, 0.1) is 0 Å². The molecule has 2 rings (SSSR count). The van der Waals surface area contributed by atoms with E-state index in [9.17, 15) is 4.79 Å². The van der Waals surface area contributed by atoms with Crippen molar-refractivity contribution in [2.75, 3.05) is 7.05 Å². The second kappa shape index (κ2) is 4.37. The number of hydrazine groups is 1. The van der Waals surface area contributed by atoms with Crippen LogP contribution in [-0.4, -0.2) is 17.8 Å². The summed E-state index contributed by atoms with van der Waals surface area (Å²) in [6, 6.07) is 6.73. The van der Waals surface area contributed by atoms with E-state index in [0.717, 1.165) is 0 Å². The van der Waals surface area contributed by atoms with E-state index >= 15 is 0 Å². The van der Waals surface area contributed by atoms with Gasteiger partial charge in [-0.05, 0) is 36.2 Å².